The molecular formula is C21H25N3O2. The lowest BCUT2D eigenvalue weighted by Gasteiger charge is -2.36. The van der Waals surface area contributed by atoms with Gasteiger partial charge in [-0.2, -0.15) is 4.98 Å². The third-order valence-electron chi connectivity index (χ3n) is 5.30. The number of nitrogens with zero attached hydrogens (tertiary/aromatic N) is 3. The molecule has 0 saturated carbocycles. The van der Waals surface area contributed by atoms with Gasteiger partial charge in [0, 0.05) is 0 Å². The van der Waals surface area contributed by atoms with E-state index < -0.39 is 0 Å². The van der Waals surface area contributed by atoms with Gasteiger partial charge in [-0.3, -0.25) is 4.90 Å². The van der Waals surface area contributed by atoms with Gasteiger partial charge in [-0.05, 0) is 55.5 Å². The Bertz CT molecular complexity index is 841. The summed E-state index contributed by atoms with van der Waals surface area (Å²) in [5.74, 6) is 3.15. The standard InChI is InChI=1S/C21H25N3O2/c1-15-9-10-24(18(12-15)19-8-5-11-25-19)14-20-22-21(26-23-20)13-17-7-4-3-6-16(17)2/h3-8,11,15,18H,9-10,12-14H2,1-2H3/t15-,18-/m1/s1. The van der Waals surface area contributed by atoms with Crippen LogP contribution in [0.2, 0.25) is 0 Å². The van der Waals surface area contributed by atoms with Gasteiger partial charge < -0.3 is 8.94 Å². The van der Waals surface area contributed by atoms with Gasteiger partial charge in [0.05, 0.1) is 25.3 Å². The Labute approximate surface area is 154 Å². The highest BCUT2D eigenvalue weighted by Crippen LogP contribution is 2.35. The van der Waals surface area contributed by atoms with Gasteiger partial charge in [0.1, 0.15) is 5.76 Å². The molecule has 26 heavy (non-hydrogen) atoms. The van der Waals surface area contributed by atoms with E-state index in [-0.39, 0.29) is 6.04 Å². The van der Waals surface area contributed by atoms with Gasteiger partial charge in [0.25, 0.3) is 0 Å². The fraction of sp³-hybridized carbons (Fsp3) is 0.429. The summed E-state index contributed by atoms with van der Waals surface area (Å²) >= 11 is 0. The molecule has 5 heteroatoms. The van der Waals surface area contributed by atoms with E-state index in [0.717, 1.165) is 24.6 Å². The normalized spacial score (nSPS) is 21.2. The number of aromatic nitrogens is 2. The number of likely N-dealkylation sites (tertiary alicyclic amines) is 1. The molecule has 0 spiro atoms. The summed E-state index contributed by atoms with van der Waals surface area (Å²) in [6, 6.07) is 12.6. The highest BCUT2D eigenvalue weighted by atomic mass is 16.5. The Morgan fingerprint density at radius 2 is 2.08 bits per heavy atom. The quantitative estimate of drug-likeness (QED) is 0.676. The molecule has 5 nitrogen and oxygen atoms in total. The zero-order valence-electron chi connectivity index (χ0n) is 15.4. The van der Waals surface area contributed by atoms with Crippen LogP contribution in [-0.4, -0.2) is 21.6 Å². The fourth-order valence-corrected chi connectivity index (χ4v) is 3.74. The second-order valence-corrected chi connectivity index (χ2v) is 7.34. The Morgan fingerprint density at radius 1 is 1.19 bits per heavy atom. The molecule has 2 atom stereocenters. The highest BCUT2D eigenvalue weighted by molar-refractivity contribution is 5.27. The molecular weight excluding hydrogens is 326 g/mol. The van der Waals surface area contributed by atoms with Crippen LogP contribution in [0.25, 0.3) is 0 Å². The number of aryl methyl sites for hydroxylation is 1. The molecule has 0 bridgehead atoms. The first-order chi connectivity index (χ1) is 12.7. The topological polar surface area (TPSA) is 55.3 Å². The van der Waals surface area contributed by atoms with Crippen molar-refractivity contribution in [2.24, 2.45) is 5.92 Å². The van der Waals surface area contributed by atoms with E-state index in [9.17, 15) is 0 Å². The molecule has 0 aliphatic carbocycles. The first-order valence-electron chi connectivity index (χ1n) is 9.32. The maximum atomic E-state index is 5.68. The van der Waals surface area contributed by atoms with Crippen molar-refractivity contribution in [3.8, 4) is 0 Å². The molecule has 4 rings (SSSR count). The van der Waals surface area contributed by atoms with Crippen LogP contribution in [0.4, 0.5) is 0 Å². The average molecular weight is 351 g/mol. The molecule has 136 valence electrons. The van der Waals surface area contributed by atoms with E-state index in [2.05, 4.69) is 47.1 Å². The van der Waals surface area contributed by atoms with Crippen LogP contribution in [0.5, 0.6) is 0 Å². The van der Waals surface area contributed by atoms with Crippen molar-refractivity contribution in [2.45, 2.75) is 45.7 Å². The summed E-state index contributed by atoms with van der Waals surface area (Å²) in [7, 11) is 0. The van der Waals surface area contributed by atoms with Crippen LogP contribution in [-0.2, 0) is 13.0 Å². The Morgan fingerprint density at radius 3 is 2.88 bits per heavy atom. The van der Waals surface area contributed by atoms with Gasteiger partial charge in [-0.25, -0.2) is 0 Å². The van der Waals surface area contributed by atoms with Gasteiger partial charge in [-0.1, -0.05) is 36.3 Å². The number of benzene rings is 1. The largest absolute Gasteiger partial charge is 0.468 e. The van der Waals surface area contributed by atoms with Crippen molar-refractivity contribution < 1.29 is 8.94 Å². The molecule has 0 radical (unpaired) electrons. The first kappa shape index (κ1) is 17.0. The minimum Gasteiger partial charge on any atom is -0.468 e. The summed E-state index contributed by atoms with van der Waals surface area (Å²) in [5.41, 5.74) is 2.47. The number of rotatable bonds is 5. The van der Waals surface area contributed by atoms with E-state index in [0.29, 0.717) is 24.8 Å². The highest BCUT2D eigenvalue weighted by Gasteiger charge is 2.30. The lowest BCUT2D eigenvalue weighted by atomic mass is 9.91. The molecule has 1 aromatic carbocycles. The summed E-state index contributed by atoms with van der Waals surface area (Å²) in [6.45, 7) is 6.13. The fourth-order valence-electron chi connectivity index (χ4n) is 3.74. The van der Waals surface area contributed by atoms with Gasteiger partial charge in [-0.15, -0.1) is 0 Å². The van der Waals surface area contributed by atoms with Crippen LogP contribution in [0.15, 0.2) is 51.6 Å². The Balaban J connectivity index is 1.47. The molecule has 3 aromatic rings. The number of piperidine rings is 1. The van der Waals surface area contributed by atoms with Crippen LogP contribution in [0.1, 0.15) is 54.4 Å². The molecule has 1 saturated heterocycles. The van der Waals surface area contributed by atoms with Gasteiger partial charge in [0.15, 0.2) is 5.82 Å². The minimum atomic E-state index is 0.284. The Hall–Kier alpha value is -2.40. The van der Waals surface area contributed by atoms with Crippen LogP contribution in [0.3, 0.4) is 0 Å². The minimum absolute atomic E-state index is 0.284. The van der Waals surface area contributed by atoms with Gasteiger partial charge in [0.2, 0.25) is 5.89 Å². The van der Waals surface area contributed by atoms with Crippen molar-refractivity contribution in [1.29, 1.82) is 0 Å². The summed E-state index contributed by atoms with van der Waals surface area (Å²) < 4.78 is 11.2. The van der Waals surface area contributed by atoms with Gasteiger partial charge >= 0.3 is 0 Å². The predicted molar refractivity (Wildman–Crippen MR) is 98.5 cm³/mol. The zero-order chi connectivity index (χ0) is 17.9. The van der Waals surface area contributed by atoms with Crippen LogP contribution in [0, 0.1) is 12.8 Å². The lowest BCUT2D eigenvalue weighted by Crippen LogP contribution is -2.35. The van der Waals surface area contributed by atoms with Crippen molar-refractivity contribution in [2.75, 3.05) is 6.54 Å². The summed E-state index contributed by atoms with van der Waals surface area (Å²) in [4.78, 5) is 7.03. The average Bonchev–Trinajstić information content (AvgIpc) is 3.31. The summed E-state index contributed by atoms with van der Waals surface area (Å²) in [6.07, 6.45) is 4.71. The molecule has 2 aromatic heterocycles. The second-order valence-electron chi connectivity index (χ2n) is 7.34. The zero-order valence-corrected chi connectivity index (χ0v) is 15.4. The van der Waals surface area contributed by atoms with Crippen molar-refractivity contribution in [3.05, 3.63) is 71.3 Å². The molecule has 1 fully saturated rings. The molecule has 1 aliphatic rings. The number of hydrogen-bond acceptors (Lipinski definition) is 5. The van der Waals surface area contributed by atoms with Crippen LogP contribution >= 0.6 is 0 Å². The van der Waals surface area contributed by atoms with Crippen molar-refractivity contribution in [3.63, 3.8) is 0 Å². The van der Waals surface area contributed by atoms with E-state index in [1.807, 2.05) is 18.2 Å². The third-order valence-corrected chi connectivity index (χ3v) is 5.30. The monoisotopic (exact) mass is 351 g/mol. The van der Waals surface area contributed by atoms with Crippen LogP contribution < -0.4 is 0 Å². The second kappa shape index (κ2) is 7.46. The molecule has 0 N–H and O–H groups in total. The number of hydrogen-bond donors (Lipinski definition) is 0. The lowest BCUT2D eigenvalue weighted by molar-refractivity contribution is 0.0910. The van der Waals surface area contributed by atoms with E-state index in [1.54, 1.807) is 6.26 Å². The van der Waals surface area contributed by atoms with E-state index >= 15 is 0 Å². The molecule has 3 heterocycles. The van der Waals surface area contributed by atoms with Crippen molar-refractivity contribution in [1.82, 2.24) is 15.0 Å². The molecule has 0 amide bonds. The molecule has 1 aliphatic heterocycles. The maximum Gasteiger partial charge on any atom is 0.231 e. The predicted octanol–water partition coefficient (Wildman–Crippen LogP) is 4.54. The summed E-state index contributed by atoms with van der Waals surface area (Å²) in [5, 5.41) is 4.21. The van der Waals surface area contributed by atoms with Crippen molar-refractivity contribution >= 4 is 0 Å². The van der Waals surface area contributed by atoms with E-state index in [1.165, 1.54) is 17.5 Å². The van der Waals surface area contributed by atoms with E-state index in [4.69, 9.17) is 8.94 Å². The maximum absolute atomic E-state index is 5.68. The smallest absolute Gasteiger partial charge is 0.231 e. The number of furan rings is 1. The Kier molecular flexibility index (Phi) is 4.89. The first-order valence-corrected chi connectivity index (χ1v) is 9.32. The molecule has 0 unspecified atom stereocenters. The third kappa shape index (κ3) is 3.73. The SMILES string of the molecule is Cc1ccccc1Cc1nc(CN2CC[C@@H](C)C[C@@H]2c2ccco2)no1.